The first-order valence-electron chi connectivity index (χ1n) is 8.05. The van der Waals surface area contributed by atoms with E-state index in [-0.39, 0.29) is 17.4 Å². The van der Waals surface area contributed by atoms with Crippen molar-refractivity contribution in [2.24, 2.45) is 5.73 Å². The first kappa shape index (κ1) is 16.0. The summed E-state index contributed by atoms with van der Waals surface area (Å²) < 4.78 is 0. The molecule has 0 aliphatic carbocycles. The van der Waals surface area contributed by atoms with Crippen LogP contribution >= 0.6 is 0 Å². The highest BCUT2D eigenvalue weighted by atomic mass is 16.2. The summed E-state index contributed by atoms with van der Waals surface area (Å²) in [4.78, 5) is 15.1. The van der Waals surface area contributed by atoms with E-state index in [2.05, 4.69) is 26.8 Å². The van der Waals surface area contributed by atoms with Gasteiger partial charge in [-0.15, -0.1) is 0 Å². The van der Waals surface area contributed by atoms with Gasteiger partial charge >= 0.3 is 0 Å². The van der Waals surface area contributed by atoms with Gasteiger partial charge in [0.15, 0.2) is 0 Å². The van der Waals surface area contributed by atoms with Gasteiger partial charge in [0.25, 0.3) is 5.91 Å². The summed E-state index contributed by atoms with van der Waals surface area (Å²) in [7, 11) is 0. The van der Waals surface area contributed by atoms with E-state index >= 15 is 0 Å². The second-order valence-electron chi connectivity index (χ2n) is 7.03. The smallest absolute Gasteiger partial charge is 0.254 e. The van der Waals surface area contributed by atoms with E-state index in [1.807, 2.05) is 23.1 Å². The third-order valence-corrected chi connectivity index (χ3v) is 4.38. The molecule has 0 spiro atoms. The zero-order valence-electron chi connectivity index (χ0n) is 13.6. The number of rotatable bonds is 2. The van der Waals surface area contributed by atoms with Crippen molar-refractivity contribution in [1.82, 2.24) is 4.90 Å². The zero-order valence-corrected chi connectivity index (χ0v) is 13.6. The number of carbonyl (C=O) groups excluding carboxylic acids is 1. The largest absolute Gasteiger partial charge is 0.334 e. The van der Waals surface area contributed by atoms with Crippen LogP contribution in [0.2, 0.25) is 0 Å². The van der Waals surface area contributed by atoms with Crippen LogP contribution in [0, 0.1) is 0 Å². The fraction of sp³-hybridized carbons (Fsp3) is 0.611. The first-order chi connectivity index (χ1) is 9.95. The summed E-state index contributed by atoms with van der Waals surface area (Å²) in [5.41, 5.74) is 7.84. The van der Waals surface area contributed by atoms with E-state index in [9.17, 15) is 4.79 Å². The lowest BCUT2D eigenvalue weighted by atomic mass is 9.83. The topological polar surface area (TPSA) is 46.3 Å². The molecule has 1 atom stereocenters. The lowest BCUT2D eigenvalue weighted by Crippen LogP contribution is -2.44. The van der Waals surface area contributed by atoms with Crippen molar-refractivity contribution in [3.8, 4) is 0 Å². The van der Waals surface area contributed by atoms with Gasteiger partial charge in [-0.25, -0.2) is 0 Å². The van der Waals surface area contributed by atoms with Crippen LogP contribution in [0.5, 0.6) is 0 Å². The molecular weight excluding hydrogens is 260 g/mol. The molecule has 1 fully saturated rings. The van der Waals surface area contributed by atoms with Crippen LogP contribution in [-0.2, 0) is 5.41 Å². The Morgan fingerprint density at radius 2 is 1.95 bits per heavy atom. The van der Waals surface area contributed by atoms with Crippen LogP contribution in [0.4, 0.5) is 0 Å². The Bertz CT molecular complexity index is 490. The SMILES string of the molecule is CC(C)(C)c1ccccc1C(=O)N1CCCCCC1CN. The maximum atomic E-state index is 13.1. The monoisotopic (exact) mass is 288 g/mol. The maximum absolute atomic E-state index is 13.1. The summed E-state index contributed by atoms with van der Waals surface area (Å²) in [6.45, 7) is 7.86. The average molecular weight is 288 g/mol. The lowest BCUT2D eigenvalue weighted by molar-refractivity contribution is 0.0686. The molecule has 1 heterocycles. The fourth-order valence-electron chi connectivity index (χ4n) is 3.17. The number of hydrogen-bond donors (Lipinski definition) is 1. The van der Waals surface area contributed by atoms with Crippen molar-refractivity contribution in [3.63, 3.8) is 0 Å². The van der Waals surface area contributed by atoms with Gasteiger partial charge in [-0.05, 0) is 29.9 Å². The molecule has 2 rings (SSSR count). The molecule has 3 nitrogen and oxygen atoms in total. The molecule has 1 amide bonds. The number of benzene rings is 1. The van der Waals surface area contributed by atoms with Gasteiger partial charge in [-0.3, -0.25) is 4.79 Å². The van der Waals surface area contributed by atoms with E-state index in [4.69, 9.17) is 5.73 Å². The van der Waals surface area contributed by atoms with Gasteiger partial charge in [-0.1, -0.05) is 51.8 Å². The average Bonchev–Trinajstić information content (AvgIpc) is 2.70. The Kier molecular flexibility index (Phi) is 5.04. The van der Waals surface area contributed by atoms with Gasteiger partial charge in [0.2, 0.25) is 0 Å². The molecule has 0 aromatic heterocycles. The number of likely N-dealkylation sites (tertiary alicyclic amines) is 1. The zero-order chi connectivity index (χ0) is 15.5. The highest BCUT2D eigenvalue weighted by Gasteiger charge is 2.28. The lowest BCUT2D eigenvalue weighted by Gasteiger charge is -2.31. The number of amides is 1. The molecule has 1 aliphatic rings. The van der Waals surface area contributed by atoms with Crippen LogP contribution < -0.4 is 5.73 Å². The molecule has 1 unspecified atom stereocenters. The number of nitrogens with two attached hydrogens (primary N) is 1. The Labute approximate surface area is 128 Å². The minimum atomic E-state index is -0.0314. The molecule has 1 aromatic carbocycles. The predicted molar refractivity (Wildman–Crippen MR) is 87.5 cm³/mol. The molecular formula is C18H28N2O. The van der Waals surface area contributed by atoms with E-state index in [1.54, 1.807) is 0 Å². The molecule has 0 bridgehead atoms. The second kappa shape index (κ2) is 6.61. The molecule has 1 aromatic rings. The van der Waals surface area contributed by atoms with Crippen molar-refractivity contribution in [2.45, 2.75) is 57.9 Å². The van der Waals surface area contributed by atoms with Gasteiger partial charge < -0.3 is 10.6 Å². The summed E-state index contributed by atoms with van der Waals surface area (Å²) >= 11 is 0. The van der Waals surface area contributed by atoms with E-state index < -0.39 is 0 Å². The highest BCUT2D eigenvalue weighted by Crippen LogP contribution is 2.28. The fourth-order valence-corrected chi connectivity index (χ4v) is 3.17. The highest BCUT2D eigenvalue weighted by molar-refractivity contribution is 5.96. The summed E-state index contributed by atoms with van der Waals surface area (Å²) in [6, 6.07) is 8.19. The third-order valence-electron chi connectivity index (χ3n) is 4.38. The quantitative estimate of drug-likeness (QED) is 0.907. The Morgan fingerprint density at radius 1 is 1.24 bits per heavy atom. The summed E-state index contributed by atoms with van der Waals surface area (Å²) in [5.74, 6) is 0.151. The van der Waals surface area contributed by atoms with Gasteiger partial charge in [-0.2, -0.15) is 0 Å². The molecule has 3 heteroatoms. The maximum Gasteiger partial charge on any atom is 0.254 e. The Balaban J connectivity index is 2.34. The van der Waals surface area contributed by atoms with Gasteiger partial charge in [0, 0.05) is 24.7 Å². The van der Waals surface area contributed by atoms with Crippen LogP contribution in [0.15, 0.2) is 24.3 Å². The molecule has 116 valence electrons. The van der Waals surface area contributed by atoms with E-state index in [0.717, 1.165) is 30.5 Å². The van der Waals surface area contributed by atoms with Crippen LogP contribution in [0.3, 0.4) is 0 Å². The van der Waals surface area contributed by atoms with Gasteiger partial charge in [0.1, 0.15) is 0 Å². The molecule has 1 aliphatic heterocycles. The normalized spacial score (nSPS) is 20.2. The summed E-state index contributed by atoms with van der Waals surface area (Å²) in [6.07, 6.45) is 4.48. The van der Waals surface area contributed by atoms with Crippen molar-refractivity contribution < 1.29 is 4.79 Å². The number of hydrogen-bond acceptors (Lipinski definition) is 2. The molecule has 1 saturated heterocycles. The third kappa shape index (κ3) is 3.65. The minimum absolute atomic E-state index is 0.0314. The minimum Gasteiger partial charge on any atom is -0.334 e. The van der Waals surface area contributed by atoms with Gasteiger partial charge in [0.05, 0.1) is 0 Å². The van der Waals surface area contributed by atoms with Crippen molar-refractivity contribution in [1.29, 1.82) is 0 Å². The van der Waals surface area contributed by atoms with Crippen LogP contribution in [0.25, 0.3) is 0 Å². The Hall–Kier alpha value is -1.35. The summed E-state index contributed by atoms with van der Waals surface area (Å²) in [5, 5.41) is 0. The van der Waals surface area contributed by atoms with Crippen molar-refractivity contribution in [2.75, 3.05) is 13.1 Å². The molecule has 0 saturated carbocycles. The van der Waals surface area contributed by atoms with Crippen LogP contribution in [0.1, 0.15) is 62.4 Å². The number of carbonyl (C=O) groups is 1. The predicted octanol–water partition coefficient (Wildman–Crippen LogP) is 3.33. The first-order valence-corrected chi connectivity index (χ1v) is 8.05. The van der Waals surface area contributed by atoms with Crippen molar-refractivity contribution in [3.05, 3.63) is 35.4 Å². The second-order valence-corrected chi connectivity index (χ2v) is 7.03. The Morgan fingerprint density at radius 3 is 2.62 bits per heavy atom. The molecule has 2 N–H and O–H groups in total. The van der Waals surface area contributed by atoms with E-state index in [0.29, 0.717) is 6.54 Å². The molecule has 21 heavy (non-hydrogen) atoms. The molecule has 0 radical (unpaired) electrons. The van der Waals surface area contributed by atoms with Crippen molar-refractivity contribution >= 4 is 5.91 Å². The van der Waals surface area contributed by atoms with Crippen LogP contribution in [-0.4, -0.2) is 29.9 Å². The number of nitrogens with zero attached hydrogens (tertiary/aromatic N) is 1. The standard InChI is InChI=1S/C18H28N2O/c1-18(2,3)16-11-7-6-10-15(16)17(21)20-12-8-4-5-9-14(20)13-19/h6-7,10-11,14H,4-5,8-9,12-13,19H2,1-3H3. The van der Waals surface area contributed by atoms with E-state index in [1.165, 1.54) is 12.8 Å².